The van der Waals surface area contributed by atoms with Gasteiger partial charge in [0.2, 0.25) is 5.78 Å². The number of benzene rings is 3. The van der Waals surface area contributed by atoms with E-state index in [0.29, 0.717) is 11.1 Å². The van der Waals surface area contributed by atoms with Crippen LogP contribution < -0.4 is 0 Å². The lowest BCUT2D eigenvalue weighted by Gasteiger charge is -2.28. The molecule has 0 spiro atoms. The second-order valence-electron chi connectivity index (χ2n) is 7.23. The number of hydrogen-bond donors (Lipinski definition) is 2. The number of fused-ring (bicyclic) bond motifs is 2. The second-order valence-corrected chi connectivity index (χ2v) is 7.23. The Morgan fingerprint density at radius 1 is 0.857 bits per heavy atom. The molecule has 1 atom stereocenters. The first-order valence-electron chi connectivity index (χ1n) is 9.25. The summed E-state index contributed by atoms with van der Waals surface area (Å²) in [7, 11) is 0. The van der Waals surface area contributed by atoms with Crippen molar-refractivity contribution in [1.82, 2.24) is 0 Å². The summed E-state index contributed by atoms with van der Waals surface area (Å²) in [4.78, 5) is 26.3. The van der Waals surface area contributed by atoms with Gasteiger partial charge in [-0.3, -0.25) is 9.59 Å². The highest BCUT2D eigenvalue weighted by atomic mass is 16.3. The number of ketones is 2. The van der Waals surface area contributed by atoms with Crippen LogP contribution in [-0.2, 0) is 4.79 Å². The van der Waals surface area contributed by atoms with E-state index in [1.165, 1.54) is 12.1 Å². The molecule has 3 aromatic rings. The molecule has 28 heavy (non-hydrogen) atoms. The monoisotopic (exact) mass is 372 g/mol. The molecule has 2 N–H and O–H groups in total. The first-order chi connectivity index (χ1) is 13.5. The van der Waals surface area contributed by atoms with E-state index in [4.69, 9.17) is 0 Å². The van der Waals surface area contributed by atoms with Crippen LogP contribution in [0.1, 0.15) is 57.8 Å². The first kappa shape index (κ1) is 18.0. The van der Waals surface area contributed by atoms with Crippen LogP contribution in [0, 0.1) is 0 Å². The van der Waals surface area contributed by atoms with Crippen LogP contribution in [-0.4, -0.2) is 21.8 Å². The van der Waals surface area contributed by atoms with Crippen molar-refractivity contribution in [1.29, 1.82) is 0 Å². The molecule has 0 radical (unpaired) electrons. The van der Waals surface area contributed by atoms with Crippen molar-refractivity contribution in [3.63, 3.8) is 0 Å². The largest absolute Gasteiger partial charge is 0.507 e. The number of hydrogen-bond acceptors (Lipinski definition) is 4. The molecular formula is C24H20O4. The predicted octanol–water partition coefficient (Wildman–Crippen LogP) is 4.54. The van der Waals surface area contributed by atoms with Gasteiger partial charge in [-0.2, -0.15) is 0 Å². The maximum Gasteiger partial charge on any atom is 0.201 e. The Bertz CT molecular complexity index is 1010. The van der Waals surface area contributed by atoms with Crippen molar-refractivity contribution in [2.75, 3.05) is 0 Å². The third-order valence-electron chi connectivity index (χ3n) is 5.42. The topological polar surface area (TPSA) is 74.6 Å². The summed E-state index contributed by atoms with van der Waals surface area (Å²) in [6.45, 7) is 1.99. The summed E-state index contributed by atoms with van der Waals surface area (Å²) in [5.41, 5.74) is 2.25. The molecule has 3 aromatic carbocycles. The number of carbonyl (C=O) groups is 2. The lowest BCUT2D eigenvalue weighted by atomic mass is 9.73. The summed E-state index contributed by atoms with van der Waals surface area (Å²) < 4.78 is 0. The Kier molecular flexibility index (Phi) is 4.47. The van der Waals surface area contributed by atoms with E-state index in [0.717, 1.165) is 5.56 Å². The maximum absolute atomic E-state index is 13.4. The number of rotatable bonds is 4. The number of aromatic hydroxyl groups is 2. The van der Waals surface area contributed by atoms with Crippen LogP contribution in [0.25, 0.3) is 0 Å². The quantitative estimate of drug-likeness (QED) is 0.705. The van der Waals surface area contributed by atoms with Crippen molar-refractivity contribution in [3.8, 4) is 11.5 Å². The SMILES string of the molecule is C[C@@H](CC(=O)C1c2cccc(O)c2C(=O)c2c(O)cccc21)c1ccccc1. The summed E-state index contributed by atoms with van der Waals surface area (Å²) in [5.74, 6) is -1.56. The smallest absolute Gasteiger partial charge is 0.201 e. The minimum absolute atomic E-state index is 0.00727. The van der Waals surface area contributed by atoms with Gasteiger partial charge in [-0.1, -0.05) is 61.5 Å². The van der Waals surface area contributed by atoms with E-state index in [-0.39, 0.29) is 40.7 Å². The Hall–Kier alpha value is -3.40. The van der Waals surface area contributed by atoms with E-state index in [2.05, 4.69) is 0 Å². The van der Waals surface area contributed by atoms with Crippen LogP contribution >= 0.6 is 0 Å². The Labute approximate surface area is 163 Å². The van der Waals surface area contributed by atoms with Crippen molar-refractivity contribution < 1.29 is 19.8 Å². The van der Waals surface area contributed by atoms with E-state index in [1.54, 1.807) is 24.3 Å². The van der Waals surface area contributed by atoms with Crippen LogP contribution in [0.15, 0.2) is 66.7 Å². The van der Waals surface area contributed by atoms with Crippen molar-refractivity contribution in [2.24, 2.45) is 0 Å². The summed E-state index contributed by atoms with van der Waals surface area (Å²) >= 11 is 0. The second kappa shape index (κ2) is 6.97. The molecule has 0 fully saturated rings. The molecule has 0 bridgehead atoms. The molecule has 0 aliphatic heterocycles. The number of phenolic OH excluding ortho intramolecular Hbond substituents is 2. The lowest BCUT2D eigenvalue weighted by molar-refractivity contribution is -0.120. The fourth-order valence-electron chi connectivity index (χ4n) is 4.05. The van der Waals surface area contributed by atoms with Gasteiger partial charge in [-0.15, -0.1) is 0 Å². The average molecular weight is 372 g/mol. The molecule has 4 heteroatoms. The average Bonchev–Trinajstić information content (AvgIpc) is 2.68. The lowest BCUT2D eigenvalue weighted by Crippen LogP contribution is -2.26. The minimum Gasteiger partial charge on any atom is -0.507 e. The van der Waals surface area contributed by atoms with Crippen LogP contribution in [0.3, 0.4) is 0 Å². The van der Waals surface area contributed by atoms with Gasteiger partial charge >= 0.3 is 0 Å². The predicted molar refractivity (Wildman–Crippen MR) is 106 cm³/mol. The molecule has 0 saturated heterocycles. The van der Waals surface area contributed by atoms with Crippen LogP contribution in [0.4, 0.5) is 0 Å². The summed E-state index contributed by atoms with van der Waals surface area (Å²) in [5, 5.41) is 20.6. The molecule has 0 heterocycles. The molecule has 0 amide bonds. The Morgan fingerprint density at radius 2 is 1.39 bits per heavy atom. The molecule has 0 aromatic heterocycles. The first-order valence-corrected chi connectivity index (χ1v) is 9.25. The van der Waals surface area contributed by atoms with Gasteiger partial charge in [0.05, 0.1) is 17.0 Å². The van der Waals surface area contributed by atoms with E-state index in [9.17, 15) is 19.8 Å². The normalized spacial score (nSPS) is 14.2. The highest BCUT2D eigenvalue weighted by Gasteiger charge is 2.38. The van der Waals surface area contributed by atoms with Crippen molar-refractivity contribution >= 4 is 11.6 Å². The summed E-state index contributed by atoms with van der Waals surface area (Å²) in [6.07, 6.45) is 0.285. The zero-order chi connectivity index (χ0) is 19.8. The van der Waals surface area contributed by atoms with Crippen molar-refractivity contribution in [2.45, 2.75) is 25.2 Å². The van der Waals surface area contributed by atoms with Gasteiger partial charge in [0.25, 0.3) is 0 Å². The number of carbonyl (C=O) groups excluding carboxylic acids is 2. The summed E-state index contributed by atoms with van der Waals surface area (Å²) in [6, 6.07) is 19.3. The van der Waals surface area contributed by atoms with Gasteiger partial charge in [-0.05, 0) is 34.7 Å². The van der Waals surface area contributed by atoms with Crippen LogP contribution in [0.2, 0.25) is 0 Å². The third-order valence-corrected chi connectivity index (χ3v) is 5.42. The van der Waals surface area contributed by atoms with E-state index < -0.39 is 11.7 Å². The molecule has 0 saturated carbocycles. The standard InChI is InChI=1S/C24H20O4/c1-14(15-7-3-2-4-8-15)13-20(27)21-16-9-5-11-18(25)22(16)24(28)23-17(21)10-6-12-19(23)26/h2-12,14,21,25-26H,13H2,1H3/t14-/m0/s1. The van der Waals surface area contributed by atoms with Crippen LogP contribution in [0.5, 0.6) is 11.5 Å². The van der Waals surface area contributed by atoms with Gasteiger partial charge in [0.15, 0.2) is 0 Å². The molecule has 140 valence electrons. The van der Waals surface area contributed by atoms with Gasteiger partial charge in [0, 0.05) is 6.42 Å². The fourth-order valence-corrected chi connectivity index (χ4v) is 4.05. The third kappa shape index (κ3) is 2.87. The molecule has 0 unspecified atom stereocenters. The van der Waals surface area contributed by atoms with Gasteiger partial charge < -0.3 is 10.2 Å². The van der Waals surface area contributed by atoms with E-state index >= 15 is 0 Å². The zero-order valence-corrected chi connectivity index (χ0v) is 15.4. The van der Waals surface area contributed by atoms with Crippen molar-refractivity contribution in [3.05, 3.63) is 94.5 Å². The zero-order valence-electron chi connectivity index (χ0n) is 15.4. The molecule has 4 nitrogen and oxygen atoms in total. The molecule has 1 aliphatic carbocycles. The highest BCUT2D eigenvalue weighted by molar-refractivity contribution is 6.18. The molecule has 1 aliphatic rings. The number of phenols is 2. The maximum atomic E-state index is 13.4. The Balaban J connectivity index is 1.80. The van der Waals surface area contributed by atoms with E-state index in [1.807, 2.05) is 37.3 Å². The number of Topliss-reactive ketones (excluding diaryl/α,β-unsaturated/α-hetero) is 1. The fraction of sp³-hybridized carbons (Fsp3) is 0.167. The Morgan fingerprint density at radius 3 is 1.93 bits per heavy atom. The molecule has 4 rings (SSSR count). The highest BCUT2D eigenvalue weighted by Crippen LogP contribution is 2.44. The van der Waals surface area contributed by atoms with Gasteiger partial charge in [-0.25, -0.2) is 0 Å². The molecular weight excluding hydrogens is 352 g/mol. The minimum atomic E-state index is -0.701. The van der Waals surface area contributed by atoms with Gasteiger partial charge in [0.1, 0.15) is 17.3 Å².